The minimum Gasteiger partial charge on any atom is -0.503 e. The van der Waals surface area contributed by atoms with Crippen LogP contribution in [0.3, 0.4) is 0 Å². The van der Waals surface area contributed by atoms with E-state index >= 15 is 0 Å². The predicted octanol–water partition coefficient (Wildman–Crippen LogP) is 1.90. The topological polar surface area (TPSA) is 70.6 Å². The molecular formula is C12H11BrN2O3S. The third-order valence-corrected chi connectivity index (χ3v) is 3.19. The van der Waals surface area contributed by atoms with E-state index in [4.69, 9.17) is 17.0 Å². The highest BCUT2D eigenvalue weighted by Gasteiger charge is 2.20. The molecule has 3 N–H and O–H groups in total. The largest absolute Gasteiger partial charge is 0.503 e. The molecule has 0 bridgehead atoms. The van der Waals surface area contributed by atoms with Crippen LogP contribution in [0.1, 0.15) is 12.5 Å². The fourth-order valence-corrected chi connectivity index (χ4v) is 2.25. The first kappa shape index (κ1) is 13.8. The Morgan fingerprint density at radius 1 is 1.47 bits per heavy atom. The van der Waals surface area contributed by atoms with E-state index in [9.17, 15) is 9.90 Å². The smallest absolute Gasteiger partial charge is 0.273 e. The maximum atomic E-state index is 11.5. The van der Waals surface area contributed by atoms with E-state index in [0.29, 0.717) is 28.1 Å². The van der Waals surface area contributed by atoms with Crippen molar-refractivity contribution in [2.24, 2.45) is 0 Å². The molecule has 0 saturated carbocycles. The number of ether oxygens (including phenoxy) is 1. The Morgan fingerprint density at radius 2 is 2.21 bits per heavy atom. The number of thiocarbonyl (C=S) groups is 1. The van der Waals surface area contributed by atoms with E-state index in [1.165, 1.54) is 0 Å². The van der Waals surface area contributed by atoms with Crippen molar-refractivity contribution in [2.75, 3.05) is 6.61 Å². The van der Waals surface area contributed by atoms with Gasteiger partial charge >= 0.3 is 0 Å². The lowest BCUT2D eigenvalue weighted by Crippen LogP contribution is -2.21. The van der Waals surface area contributed by atoms with Crippen molar-refractivity contribution >= 4 is 45.2 Å². The summed E-state index contributed by atoms with van der Waals surface area (Å²) in [7, 11) is 0. The molecule has 1 amide bonds. The van der Waals surface area contributed by atoms with Crippen molar-refractivity contribution in [1.82, 2.24) is 10.6 Å². The molecule has 1 saturated heterocycles. The number of phenols is 1. The molecule has 0 spiro atoms. The van der Waals surface area contributed by atoms with E-state index in [-0.39, 0.29) is 16.8 Å². The van der Waals surface area contributed by atoms with Gasteiger partial charge in [0.2, 0.25) is 0 Å². The van der Waals surface area contributed by atoms with Gasteiger partial charge < -0.3 is 15.2 Å². The lowest BCUT2D eigenvalue weighted by molar-refractivity contribution is -0.115. The van der Waals surface area contributed by atoms with Gasteiger partial charge in [-0.25, -0.2) is 0 Å². The summed E-state index contributed by atoms with van der Waals surface area (Å²) in [6.45, 7) is 2.26. The molecule has 0 aromatic heterocycles. The highest BCUT2D eigenvalue weighted by molar-refractivity contribution is 9.10. The SMILES string of the molecule is CCOc1cc(C=C2NC(=S)NC2=O)cc(Br)c1O. The number of phenolic OH excluding ortho intramolecular Hbond substituents is 1. The molecule has 0 aliphatic carbocycles. The average molecular weight is 343 g/mol. The molecule has 0 atom stereocenters. The van der Waals surface area contributed by atoms with Crippen LogP contribution in [-0.4, -0.2) is 22.7 Å². The summed E-state index contributed by atoms with van der Waals surface area (Å²) in [5.74, 6) is 0.0974. The van der Waals surface area contributed by atoms with Gasteiger partial charge in [0.1, 0.15) is 5.70 Å². The lowest BCUT2D eigenvalue weighted by atomic mass is 10.1. The van der Waals surface area contributed by atoms with Crippen LogP contribution >= 0.6 is 28.1 Å². The Labute approximate surface area is 123 Å². The lowest BCUT2D eigenvalue weighted by Gasteiger charge is -2.08. The molecule has 1 aliphatic rings. The van der Waals surface area contributed by atoms with Gasteiger partial charge in [0.15, 0.2) is 16.6 Å². The molecule has 1 heterocycles. The van der Waals surface area contributed by atoms with Gasteiger partial charge in [-0.15, -0.1) is 0 Å². The number of rotatable bonds is 3. The number of carbonyl (C=O) groups is 1. The van der Waals surface area contributed by atoms with Gasteiger partial charge in [0.05, 0.1) is 11.1 Å². The number of hydrogen-bond acceptors (Lipinski definition) is 4. The monoisotopic (exact) mass is 342 g/mol. The first-order valence-corrected chi connectivity index (χ1v) is 6.70. The summed E-state index contributed by atoms with van der Waals surface area (Å²) in [6, 6.07) is 3.33. The van der Waals surface area contributed by atoms with E-state index < -0.39 is 0 Å². The zero-order valence-electron chi connectivity index (χ0n) is 9.99. The normalized spacial score (nSPS) is 16.4. The van der Waals surface area contributed by atoms with E-state index in [1.54, 1.807) is 18.2 Å². The Hall–Kier alpha value is -1.60. The maximum absolute atomic E-state index is 11.5. The standard InChI is InChI=1S/C12H11BrN2O3S/c1-2-18-9-5-6(3-7(13)10(9)16)4-8-11(17)15-12(19)14-8/h3-5,16H,2H2,1H3,(H2,14,15,17,19). The fraction of sp³-hybridized carbons (Fsp3) is 0.167. The highest BCUT2D eigenvalue weighted by Crippen LogP contribution is 2.36. The van der Waals surface area contributed by atoms with Crippen LogP contribution in [0.5, 0.6) is 11.5 Å². The van der Waals surface area contributed by atoms with Crippen LogP contribution in [0.15, 0.2) is 22.3 Å². The summed E-state index contributed by atoms with van der Waals surface area (Å²) < 4.78 is 5.81. The van der Waals surface area contributed by atoms with Crippen LogP contribution in [-0.2, 0) is 4.79 Å². The Balaban J connectivity index is 2.38. The Kier molecular flexibility index (Phi) is 4.06. The van der Waals surface area contributed by atoms with E-state index in [2.05, 4.69) is 26.6 Å². The summed E-state index contributed by atoms with van der Waals surface area (Å²) in [5.41, 5.74) is 1.06. The highest BCUT2D eigenvalue weighted by atomic mass is 79.9. The van der Waals surface area contributed by atoms with Crippen molar-refractivity contribution in [1.29, 1.82) is 0 Å². The van der Waals surface area contributed by atoms with Crippen molar-refractivity contribution < 1.29 is 14.6 Å². The Bertz CT molecular complexity index is 587. The van der Waals surface area contributed by atoms with Gasteiger partial charge in [-0.2, -0.15) is 0 Å². The van der Waals surface area contributed by atoms with Crippen LogP contribution in [0.4, 0.5) is 0 Å². The number of hydrogen-bond donors (Lipinski definition) is 3. The number of halogens is 1. The Morgan fingerprint density at radius 3 is 2.79 bits per heavy atom. The summed E-state index contributed by atoms with van der Waals surface area (Å²) >= 11 is 8.08. The van der Waals surface area contributed by atoms with Crippen molar-refractivity contribution in [2.45, 2.75) is 6.92 Å². The van der Waals surface area contributed by atoms with Crippen LogP contribution in [0.2, 0.25) is 0 Å². The van der Waals surface area contributed by atoms with Gasteiger partial charge in [-0.05, 0) is 58.8 Å². The molecule has 1 aliphatic heterocycles. The first-order valence-electron chi connectivity index (χ1n) is 5.50. The second-order valence-corrected chi connectivity index (χ2v) is 5.01. The summed E-state index contributed by atoms with van der Waals surface area (Å²) in [4.78, 5) is 11.5. The average Bonchev–Trinajstić information content (AvgIpc) is 2.64. The molecule has 7 heteroatoms. The van der Waals surface area contributed by atoms with Gasteiger partial charge in [-0.1, -0.05) is 0 Å². The van der Waals surface area contributed by atoms with Crippen molar-refractivity contribution in [3.63, 3.8) is 0 Å². The molecule has 1 aromatic carbocycles. The van der Waals surface area contributed by atoms with E-state index in [0.717, 1.165) is 0 Å². The van der Waals surface area contributed by atoms with Crippen LogP contribution < -0.4 is 15.4 Å². The minimum absolute atomic E-state index is 0.0309. The van der Waals surface area contributed by atoms with Crippen LogP contribution in [0, 0.1) is 0 Å². The van der Waals surface area contributed by atoms with Crippen LogP contribution in [0.25, 0.3) is 6.08 Å². The van der Waals surface area contributed by atoms with Gasteiger partial charge in [0, 0.05) is 0 Å². The summed E-state index contributed by atoms with van der Waals surface area (Å²) in [5, 5.41) is 15.3. The molecule has 19 heavy (non-hydrogen) atoms. The van der Waals surface area contributed by atoms with E-state index in [1.807, 2.05) is 6.92 Å². The second kappa shape index (κ2) is 5.58. The maximum Gasteiger partial charge on any atom is 0.273 e. The number of benzene rings is 1. The fourth-order valence-electron chi connectivity index (χ4n) is 1.59. The molecule has 0 radical (unpaired) electrons. The molecule has 1 aromatic rings. The number of aromatic hydroxyl groups is 1. The molecule has 2 rings (SSSR count). The van der Waals surface area contributed by atoms with Crippen molar-refractivity contribution in [3.8, 4) is 11.5 Å². The zero-order chi connectivity index (χ0) is 14.0. The molecular weight excluding hydrogens is 332 g/mol. The third kappa shape index (κ3) is 3.05. The number of amides is 1. The van der Waals surface area contributed by atoms with Crippen molar-refractivity contribution in [3.05, 3.63) is 27.9 Å². The zero-order valence-corrected chi connectivity index (χ0v) is 12.4. The number of nitrogens with one attached hydrogen (secondary N) is 2. The minimum atomic E-state index is -0.285. The molecule has 0 unspecified atom stereocenters. The van der Waals surface area contributed by atoms with Gasteiger partial charge in [-0.3, -0.25) is 10.1 Å². The predicted molar refractivity (Wildman–Crippen MR) is 78.8 cm³/mol. The molecule has 100 valence electrons. The summed E-state index contributed by atoms with van der Waals surface area (Å²) in [6.07, 6.45) is 1.63. The number of carbonyl (C=O) groups excluding carboxylic acids is 1. The molecule has 1 fully saturated rings. The van der Waals surface area contributed by atoms with Gasteiger partial charge in [0.25, 0.3) is 5.91 Å². The molecule has 5 nitrogen and oxygen atoms in total. The first-order chi connectivity index (χ1) is 9.01. The second-order valence-electron chi connectivity index (χ2n) is 3.75. The quantitative estimate of drug-likeness (QED) is 0.578. The third-order valence-electron chi connectivity index (χ3n) is 2.38.